The Morgan fingerprint density at radius 3 is 2.72 bits per heavy atom. The molecule has 2 heterocycles. The van der Waals surface area contributed by atoms with Crippen LogP contribution < -0.4 is 5.32 Å². The van der Waals surface area contributed by atoms with Gasteiger partial charge >= 0.3 is 0 Å². The van der Waals surface area contributed by atoms with E-state index < -0.39 is 0 Å². The van der Waals surface area contributed by atoms with Crippen LogP contribution in [0.3, 0.4) is 0 Å². The molecule has 3 heteroatoms. The van der Waals surface area contributed by atoms with Crippen LogP contribution in [0.2, 0.25) is 0 Å². The number of aryl methyl sites for hydroxylation is 1. The summed E-state index contributed by atoms with van der Waals surface area (Å²) >= 11 is 0. The third-order valence-corrected chi connectivity index (χ3v) is 4.43. The van der Waals surface area contributed by atoms with Crippen LogP contribution in [0, 0.1) is 12.8 Å². The van der Waals surface area contributed by atoms with Gasteiger partial charge in [-0.2, -0.15) is 0 Å². The minimum atomic E-state index is 0.0517. The molecular weight excluding hydrogens is 226 g/mol. The highest BCUT2D eigenvalue weighted by Crippen LogP contribution is 2.39. The molecule has 2 fully saturated rings. The molecule has 1 aliphatic heterocycles. The van der Waals surface area contributed by atoms with Gasteiger partial charge in [0.1, 0.15) is 17.6 Å². The number of rotatable bonds is 1. The molecular formula is C15H23NO2. The Morgan fingerprint density at radius 1 is 1.28 bits per heavy atom. The zero-order valence-corrected chi connectivity index (χ0v) is 11.4. The van der Waals surface area contributed by atoms with E-state index in [1.807, 2.05) is 19.1 Å². The Morgan fingerprint density at radius 2 is 2.06 bits per heavy atom. The molecule has 1 unspecified atom stereocenters. The van der Waals surface area contributed by atoms with E-state index in [4.69, 9.17) is 9.15 Å². The second-order valence-electron chi connectivity index (χ2n) is 6.05. The maximum absolute atomic E-state index is 6.41. The molecule has 1 N–H and O–H groups in total. The molecule has 3 rings (SSSR count). The molecule has 1 aliphatic carbocycles. The van der Waals surface area contributed by atoms with Gasteiger partial charge in [0.2, 0.25) is 0 Å². The maximum Gasteiger partial charge on any atom is 0.134 e. The first-order valence-electron chi connectivity index (χ1n) is 7.12. The summed E-state index contributed by atoms with van der Waals surface area (Å²) < 4.78 is 12.1. The predicted octanol–water partition coefficient (Wildman–Crippen LogP) is 3.20. The molecule has 18 heavy (non-hydrogen) atoms. The van der Waals surface area contributed by atoms with Crippen LogP contribution in [0.5, 0.6) is 0 Å². The molecule has 0 aromatic carbocycles. The Kier molecular flexibility index (Phi) is 3.20. The lowest BCUT2D eigenvalue weighted by Crippen LogP contribution is -2.52. The maximum atomic E-state index is 6.41. The normalized spacial score (nSPS) is 37.0. The lowest BCUT2D eigenvalue weighted by molar-refractivity contribution is -0.146. The summed E-state index contributed by atoms with van der Waals surface area (Å²) in [6.07, 6.45) is 5.01. The van der Waals surface area contributed by atoms with Crippen LogP contribution in [0.25, 0.3) is 0 Å². The summed E-state index contributed by atoms with van der Waals surface area (Å²) in [4.78, 5) is 0. The molecule has 0 amide bonds. The van der Waals surface area contributed by atoms with Gasteiger partial charge in [0.25, 0.3) is 0 Å². The van der Waals surface area contributed by atoms with Gasteiger partial charge in [-0.3, -0.25) is 0 Å². The molecule has 0 radical (unpaired) electrons. The van der Waals surface area contributed by atoms with Crippen molar-refractivity contribution in [2.45, 2.75) is 51.2 Å². The average Bonchev–Trinajstić information content (AvgIpc) is 2.81. The zero-order valence-electron chi connectivity index (χ0n) is 11.4. The van der Waals surface area contributed by atoms with E-state index in [0.717, 1.165) is 30.5 Å². The fourth-order valence-corrected chi connectivity index (χ4v) is 3.18. The van der Waals surface area contributed by atoms with Crippen molar-refractivity contribution in [1.29, 1.82) is 0 Å². The lowest BCUT2D eigenvalue weighted by atomic mass is 9.78. The van der Waals surface area contributed by atoms with Crippen molar-refractivity contribution in [1.82, 2.24) is 5.32 Å². The molecule has 1 saturated carbocycles. The van der Waals surface area contributed by atoms with Gasteiger partial charge in [0, 0.05) is 13.1 Å². The van der Waals surface area contributed by atoms with Crippen LogP contribution in [-0.2, 0) is 4.74 Å². The van der Waals surface area contributed by atoms with Crippen molar-refractivity contribution < 1.29 is 9.15 Å². The molecule has 2 aliphatic rings. The van der Waals surface area contributed by atoms with Gasteiger partial charge in [-0.1, -0.05) is 6.92 Å². The van der Waals surface area contributed by atoms with Gasteiger partial charge in [-0.15, -0.1) is 0 Å². The average molecular weight is 249 g/mol. The Hall–Kier alpha value is -0.800. The Balaban J connectivity index is 1.72. The molecule has 1 saturated heterocycles. The van der Waals surface area contributed by atoms with Crippen LogP contribution in [-0.4, -0.2) is 18.7 Å². The van der Waals surface area contributed by atoms with E-state index in [2.05, 4.69) is 12.2 Å². The topological polar surface area (TPSA) is 34.4 Å². The van der Waals surface area contributed by atoms with E-state index in [9.17, 15) is 0 Å². The Labute approximate surface area is 109 Å². The van der Waals surface area contributed by atoms with Crippen molar-refractivity contribution in [3.63, 3.8) is 0 Å². The largest absolute Gasteiger partial charge is 0.464 e. The highest BCUT2D eigenvalue weighted by Gasteiger charge is 2.40. The smallest absolute Gasteiger partial charge is 0.134 e. The minimum Gasteiger partial charge on any atom is -0.464 e. The summed E-state index contributed by atoms with van der Waals surface area (Å²) in [6.45, 7) is 6.19. The molecule has 1 spiro atoms. The number of hydrogen-bond donors (Lipinski definition) is 1. The first-order valence-corrected chi connectivity index (χ1v) is 7.12. The second-order valence-corrected chi connectivity index (χ2v) is 6.05. The number of ether oxygens (including phenoxy) is 1. The number of morpholine rings is 1. The number of nitrogens with one attached hydrogen (secondary N) is 1. The van der Waals surface area contributed by atoms with Gasteiger partial charge in [0.05, 0.1) is 5.60 Å². The van der Waals surface area contributed by atoms with Gasteiger partial charge in [0.15, 0.2) is 0 Å². The fraction of sp³-hybridized carbons (Fsp3) is 0.733. The summed E-state index contributed by atoms with van der Waals surface area (Å²) in [6, 6.07) is 4.06. The molecule has 0 bridgehead atoms. The van der Waals surface area contributed by atoms with Crippen LogP contribution in [0.1, 0.15) is 50.2 Å². The van der Waals surface area contributed by atoms with Crippen LogP contribution in [0.4, 0.5) is 0 Å². The van der Waals surface area contributed by atoms with Crippen molar-refractivity contribution >= 4 is 0 Å². The summed E-state index contributed by atoms with van der Waals surface area (Å²) in [5, 5.41) is 3.53. The van der Waals surface area contributed by atoms with Crippen molar-refractivity contribution in [2.75, 3.05) is 13.1 Å². The van der Waals surface area contributed by atoms with Crippen molar-refractivity contribution in [3.05, 3.63) is 23.7 Å². The first-order chi connectivity index (χ1) is 8.67. The monoisotopic (exact) mass is 249 g/mol. The van der Waals surface area contributed by atoms with Crippen molar-refractivity contribution in [3.8, 4) is 0 Å². The minimum absolute atomic E-state index is 0.0517. The number of furan rings is 1. The van der Waals surface area contributed by atoms with E-state index in [1.165, 1.54) is 25.7 Å². The van der Waals surface area contributed by atoms with E-state index in [-0.39, 0.29) is 11.7 Å². The van der Waals surface area contributed by atoms with Crippen molar-refractivity contribution in [2.24, 2.45) is 5.92 Å². The van der Waals surface area contributed by atoms with E-state index >= 15 is 0 Å². The molecule has 3 nitrogen and oxygen atoms in total. The van der Waals surface area contributed by atoms with Crippen LogP contribution >= 0.6 is 0 Å². The Bertz CT molecular complexity index is 404. The molecule has 1 aromatic heterocycles. The first kappa shape index (κ1) is 12.2. The molecule has 1 atom stereocenters. The summed E-state index contributed by atoms with van der Waals surface area (Å²) in [5.74, 6) is 2.79. The van der Waals surface area contributed by atoms with Gasteiger partial charge in [-0.05, 0) is 50.7 Å². The molecule has 1 aromatic rings. The van der Waals surface area contributed by atoms with E-state index in [0.29, 0.717) is 0 Å². The third kappa shape index (κ3) is 2.34. The van der Waals surface area contributed by atoms with Gasteiger partial charge in [-0.25, -0.2) is 0 Å². The van der Waals surface area contributed by atoms with Crippen LogP contribution in [0.15, 0.2) is 16.5 Å². The second kappa shape index (κ2) is 4.71. The zero-order chi connectivity index (χ0) is 12.6. The SMILES string of the molecule is Cc1ccc(C2CNCC3(CCC(C)CC3)O2)o1. The highest BCUT2D eigenvalue weighted by molar-refractivity contribution is 5.10. The summed E-state index contributed by atoms with van der Waals surface area (Å²) in [5.41, 5.74) is 0.0517. The predicted molar refractivity (Wildman–Crippen MR) is 70.5 cm³/mol. The fourth-order valence-electron chi connectivity index (χ4n) is 3.18. The lowest BCUT2D eigenvalue weighted by Gasteiger charge is -2.45. The third-order valence-electron chi connectivity index (χ3n) is 4.43. The summed E-state index contributed by atoms with van der Waals surface area (Å²) in [7, 11) is 0. The standard InChI is InChI=1S/C15H23NO2/c1-11-5-7-15(8-6-11)10-16-9-14(18-15)13-4-3-12(2)17-13/h3-4,11,14,16H,5-10H2,1-2H3. The van der Waals surface area contributed by atoms with E-state index in [1.54, 1.807) is 0 Å². The highest BCUT2D eigenvalue weighted by atomic mass is 16.5. The van der Waals surface area contributed by atoms with Gasteiger partial charge < -0.3 is 14.5 Å². The molecule has 100 valence electrons. The quantitative estimate of drug-likeness (QED) is 0.830. The number of hydrogen-bond acceptors (Lipinski definition) is 3.